The standard InChI is InChI=1S/C12H11N5/c13-17-14-9-6-4-8(5-7-9)12-10-2-1-3-11(10)15-16-12/h4-7H,1-3H2,(H,15,16). The van der Waals surface area contributed by atoms with Crippen LogP contribution in [0.4, 0.5) is 5.69 Å². The number of hydrogen-bond acceptors (Lipinski definition) is 2. The monoisotopic (exact) mass is 225 g/mol. The molecule has 17 heavy (non-hydrogen) atoms. The number of nitrogens with zero attached hydrogens (tertiary/aromatic N) is 4. The van der Waals surface area contributed by atoms with Gasteiger partial charge in [-0.15, -0.1) is 0 Å². The molecule has 1 aliphatic rings. The van der Waals surface area contributed by atoms with Gasteiger partial charge in [-0.2, -0.15) is 5.10 Å². The number of nitrogens with one attached hydrogen (secondary N) is 1. The van der Waals surface area contributed by atoms with Crippen LogP contribution in [0.15, 0.2) is 29.4 Å². The summed E-state index contributed by atoms with van der Waals surface area (Å²) in [6.07, 6.45) is 3.39. The molecule has 0 saturated heterocycles. The first-order chi connectivity index (χ1) is 8.38. The Morgan fingerprint density at radius 3 is 2.82 bits per heavy atom. The molecule has 5 heteroatoms. The van der Waals surface area contributed by atoms with E-state index in [2.05, 4.69) is 20.2 Å². The molecule has 0 bridgehead atoms. The van der Waals surface area contributed by atoms with Gasteiger partial charge in [-0.05, 0) is 24.8 Å². The average Bonchev–Trinajstić information content (AvgIpc) is 2.93. The van der Waals surface area contributed by atoms with Crippen molar-refractivity contribution in [1.82, 2.24) is 10.2 Å². The zero-order valence-electron chi connectivity index (χ0n) is 9.22. The lowest BCUT2D eigenvalue weighted by Crippen LogP contribution is -1.83. The molecular formula is C12H11N5. The number of aromatic amines is 1. The molecule has 0 fully saturated rings. The van der Waals surface area contributed by atoms with Gasteiger partial charge < -0.3 is 0 Å². The van der Waals surface area contributed by atoms with Crippen LogP contribution in [0, 0.1) is 0 Å². The topological polar surface area (TPSA) is 77.4 Å². The average molecular weight is 225 g/mol. The smallest absolute Gasteiger partial charge is 0.0955 e. The maximum absolute atomic E-state index is 8.34. The van der Waals surface area contributed by atoms with Gasteiger partial charge in [0, 0.05) is 27.4 Å². The molecule has 5 nitrogen and oxygen atoms in total. The lowest BCUT2D eigenvalue weighted by Gasteiger charge is -2.00. The van der Waals surface area contributed by atoms with E-state index in [0.29, 0.717) is 5.69 Å². The van der Waals surface area contributed by atoms with E-state index in [0.717, 1.165) is 24.1 Å². The molecule has 0 saturated carbocycles. The van der Waals surface area contributed by atoms with Crippen molar-refractivity contribution in [3.05, 3.63) is 46.0 Å². The number of azide groups is 1. The number of hydrogen-bond donors (Lipinski definition) is 1. The molecule has 1 heterocycles. The highest BCUT2D eigenvalue weighted by Gasteiger charge is 2.18. The van der Waals surface area contributed by atoms with Gasteiger partial charge in [-0.1, -0.05) is 29.4 Å². The van der Waals surface area contributed by atoms with Crippen molar-refractivity contribution >= 4 is 5.69 Å². The Morgan fingerprint density at radius 1 is 1.24 bits per heavy atom. The van der Waals surface area contributed by atoms with Crippen LogP contribution < -0.4 is 0 Å². The fourth-order valence-electron chi connectivity index (χ4n) is 2.30. The van der Waals surface area contributed by atoms with Crippen molar-refractivity contribution in [3.63, 3.8) is 0 Å². The minimum atomic E-state index is 0.628. The Hall–Kier alpha value is -2.26. The second kappa shape index (κ2) is 3.96. The minimum Gasteiger partial charge on any atom is -0.282 e. The lowest BCUT2D eigenvalue weighted by molar-refractivity contribution is 0.867. The summed E-state index contributed by atoms with van der Waals surface area (Å²) in [6, 6.07) is 7.51. The molecule has 1 aromatic carbocycles. The Bertz CT molecular complexity index is 590. The van der Waals surface area contributed by atoms with Crippen LogP contribution in [0.1, 0.15) is 17.7 Å². The molecule has 1 N–H and O–H groups in total. The summed E-state index contributed by atoms with van der Waals surface area (Å²) in [6.45, 7) is 0. The Morgan fingerprint density at radius 2 is 2.06 bits per heavy atom. The highest BCUT2D eigenvalue weighted by molar-refractivity contribution is 5.66. The van der Waals surface area contributed by atoms with E-state index in [9.17, 15) is 0 Å². The van der Waals surface area contributed by atoms with E-state index >= 15 is 0 Å². The predicted octanol–water partition coefficient (Wildman–Crippen LogP) is 3.51. The van der Waals surface area contributed by atoms with Crippen LogP contribution in [0.5, 0.6) is 0 Å². The van der Waals surface area contributed by atoms with Crippen molar-refractivity contribution in [3.8, 4) is 11.3 Å². The van der Waals surface area contributed by atoms with Crippen molar-refractivity contribution in [2.75, 3.05) is 0 Å². The number of benzene rings is 1. The van der Waals surface area contributed by atoms with Crippen LogP contribution in [0.2, 0.25) is 0 Å². The largest absolute Gasteiger partial charge is 0.282 e. The maximum atomic E-state index is 8.34. The molecule has 0 spiro atoms. The maximum Gasteiger partial charge on any atom is 0.0955 e. The first kappa shape index (κ1) is 9.93. The molecule has 0 amide bonds. The third kappa shape index (κ3) is 1.66. The molecule has 0 radical (unpaired) electrons. The van der Waals surface area contributed by atoms with Crippen LogP contribution in [-0.2, 0) is 12.8 Å². The van der Waals surface area contributed by atoms with Crippen LogP contribution >= 0.6 is 0 Å². The highest BCUT2D eigenvalue weighted by Crippen LogP contribution is 2.30. The Balaban J connectivity index is 2.01. The number of aryl methyl sites for hydroxylation is 1. The molecule has 3 rings (SSSR count). The highest BCUT2D eigenvalue weighted by atomic mass is 15.1. The number of H-pyrrole nitrogens is 1. The normalized spacial score (nSPS) is 13.2. The molecule has 0 aliphatic heterocycles. The molecule has 2 aromatic rings. The molecule has 1 aliphatic carbocycles. The van der Waals surface area contributed by atoms with E-state index in [1.54, 1.807) is 0 Å². The first-order valence-electron chi connectivity index (χ1n) is 5.60. The Labute approximate surface area is 98.1 Å². The fourth-order valence-corrected chi connectivity index (χ4v) is 2.30. The van der Waals surface area contributed by atoms with Crippen molar-refractivity contribution in [2.24, 2.45) is 5.11 Å². The molecular weight excluding hydrogens is 214 g/mol. The zero-order valence-corrected chi connectivity index (χ0v) is 9.22. The van der Waals surface area contributed by atoms with Crippen molar-refractivity contribution in [1.29, 1.82) is 0 Å². The summed E-state index contributed by atoms with van der Waals surface area (Å²) >= 11 is 0. The molecule has 0 unspecified atom stereocenters. The van der Waals surface area contributed by atoms with E-state index in [1.807, 2.05) is 24.3 Å². The van der Waals surface area contributed by atoms with Crippen molar-refractivity contribution < 1.29 is 0 Å². The van der Waals surface area contributed by atoms with Gasteiger partial charge in [0.1, 0.15) is 0 Å². The van der Waals surface area contributed by atoms with Gasteiger partial charge in [0.25, 0.3) is 0 Å². The minimum absolute atomic E-state index is 0.628. The van der Waals surface area contributed by atoms with E-state index in [1.165, 1.54) is 17.7 Å². The second-order valence-corrected chi connectivity index (χ2v) is 4.12. The summed E-state index contributed by atoms with van der Waals surface area (Å²) in [5, 5.41) is 11.0. The van der Waals surface area contributed by atoms with E-state index < -0.39 is 0 Å². The number of fused-ring (bicyclic) bond motifs is 1. The summed E-state index contributed by atoms with van der Waals surface area (Å²) in [7, 11) is 0. The van der Waals surface area contributed by atoms with Crippen LogP contribution in [-0.4, -0.2) is 10.2 Å². The van der Waals surface area contributed by atoms with Gasteiger partial charge in [0.2, 0.25) is 0 Å². The molecule has 84 valence electrons. The van der Waals surface area contributed by atoms with Crippen LogP contribution in [0.25, 0.3) is 21.7 Å². The summed E-state index contributed by atoms with van der Waals surface area (Å²) in [5.41, 5.74) is 13.7. The third-order valence-corrected chi connectivity index (χ3v) is 3.11. The molecule has 1 aromatic heterocycles. The SMILES string of the molecule is [N-]=[N+]=Nc1ccc(-c2n[nH]c3c2CCC3)cc1. The van der Waals surface area contributed by atoms with Gasteiger partial charge in [-0.3, -0.25) is 5.10 Å². The van der Waals surface area contributed by atoms with Gasteiger partial charge in [0.15, 0.2) is 0 Å². The van der Waals surface area contributed by atoms with E-state index in [4.69, 9.17) is 5.53 Å². The fraction of sp³-hybridized carbons (Fsp3) is 0.250. The second-order valence-electron chi connectivity index (χ2n) is 4.12. The summed E-state index contributed by atoms with van der Waals surface area (Å²) in [5.74, 6) is 0. The first-order valence-corrected chi connectivity index (χ1v) is 5.60. The summed E-state index contributed by atoms with van der Waals surface area (Å²) in [4.78, 5) is 2.76. The molecule has 0 atom stereocenters. The van der Waals surface area contributed by atoms with Gasteiger partial charge in [-0.25, -0.2) is 0 Å². The van der Waals surface area contributed by atoms with Gasteiger partial charge >= 0.3 is 0 Å². The number of rotatable bonds is 2. The van der Waals surface area contributed by atoms with E-state index in [-0.39, 0.29) is 0 Å². The predicted molar refractivity (Wildman–Crippen MR) is 64.9 cm³/mol. The summed E-state index contributed by atoms with van der Waals surface area (Å²) < 4.78 is 0. The Kier molecular flexibility index (Phi) is 2.31. The quantitative estimate of drug-likeness (QED) is 0.473. The van der Waals surface area contributed by atoms with Gasteiger partial charge in [0.05, 0.1) is 5.69 Å². The van der Waals surface area contributed by atoms with Crippen LogP contribution in [0.3, 0.4) is 0 Å². The lowest BCUT2D eigenvalue weighted by atomic mass is 10.1. The third-order valence-electron chi connectivity index (χ3n) is 3.11. The zero-order chi connectivity index (χ0) is 11.7. The number of aromatic nitrogens is 2. The van der Waals surface area contributed by atoms with Crippen molar-refractivity contribution in [2.45, 2.75) is 19.3 Å².